The molecule has 1 heterocycles. The van der Waals surface area contributed by atoms with Gasteiger partial charge in [-0.05, 0) is 51.7 Å². The van der Waals surface area contributed by atoms with E-state index in [0.29, 0.717) is 5.92 Å². The third kappa shape index (κ3) is 3.94. The number of rotatable bonds is 5. The van der Waals surface area contributed by atoms with E-state index in [-0.39, 0.29) is 6.10 Å². The summed E-state index contributed by atoms with van der Waals surface area (Å²) in [6.45, 7) is 4.48. The molecule has 0 radical (unpaired) electrons. The Balaban J connectivity index is 1.67. The van der Waals surface area contributed by atoms with Crippen LogP contribution < -0.4 is 0 Å². The summed E-state index contributed by atoms with van der Waals surface area (Å²) in [5.74, 6) is 1.38. The van der Waals surface area contributed by atoms with E-state index in [0.717, 1.165) is 19.0 Å². The Morgan fingerprint density at radius 3 is 2.59 bits per heavy atom. The number of likely N-dealkylation sites (N-methyl/N-ethyl adjacent to an activating group) is 1. The lowest BCUT2D eigenvalue weighted by atomic mass is 10.00. The molecule has 0 bridgehead atoms. The number of hydrogen-bond donors (Lipinski definition) is 1. The number of likely N-dealkylation sites (tertiary alicyclic amines) is 1. The van der Waals surface area contributed by atoms with Gasteiger partial charge in [0.1, 0.15) is 0 Å². The van der Waals surface area contributed by atoms with E-state index in [1.54, 1.807) is 0 Å². The topological polar surface area (TPSA) is 26.7 Å². The largest absolute Gasteiger partial charge is 0.392 e. The van der Waals surface area contributed by atoms with Crippen LogP contribution in [0.25, 0.3) is 0 Å². The molecule has 1 aliphatic carbocycles. The van der Waals surface area contributed by atoms with Gasteiger partial charge in [0.15, 0.2) is 0 Å². The minimum atomic E-state index is -0.0957. The first-order valence-electron chi connectivity index (χ1n) is 7.20. The summed E-state index contributed by atoms with van der Waals surface area (Å²) in [5.41, 5.74) is 0. The summed E-state index contributed by atoms with van der Waals surface area (Å²) in [6.07, 6.45) is 6.34. The van der Waals surface area contributed by atoms with Crippen LogP contribution in [-0.2, 0) is 0 Å². The van der Waals surface area contributed by atoms with Gasteiger partial charge < -0.3 is 14.9 Å². The van der Waals surface area contributed by atoms with Gasteiger partial charge in [0.25, 0.3) is 0 Å². The highest BCUT2D eigenvalue weighted by Gasteiger charge is 2.26. The molecule has 3 nitrogen and oxygen atoms in total. The van der Waals surface area contributed by atoms with Gasteiger partial charge in [-0.2, -0.15) is 0 Å². The summed E-state index contributed by atoms with van der Waals surface area (Å²) in [6, 6.07) is 0. The number of nitrogens with zero attached hydrogens (tertiary/aromatic N) is 2. The summed E-state index contributed by atoms with van der Waals surface area (Å²) in [7, 11) is 4.36. The first kappa shape index (κ1) is 13.3. The molecular formula is C14H28N2O. The van der Waals surface area contributed by atoms with E-state index in [1.165, 1.54) is 45.2 Å². The lowest BCUT2D eigenvalue weighted by molar-refractivity contribution is 0.0700. The van der Waals surface area contributed by atoms with Crippen molar-refractivity contribution >= 4 is 0 Å². The van der Waals surface area contributed by atoms with Crippen LogP contribution in [0.4, 0.5) is 0 Å². The maximum absolute atomic E-state index is 10.2. The molecule has 1 saturated carbocycles. The van der Waals surface area contributed by atoms with Crippen molar-refractivity contribution in [3.63, 3.8) is 0 Å². The molecule has 0 amide bonds. The fourth-order valence-corrected chi connectivity index (χ4v) is 3.50. The minimum absolute atomic E-state index is 0.0957. The molecule has 17 heavy (non-hydrogen) atoms. The lowest BCUT2D eigenvalue weighted by Gasteiger charge is -2.26. The molecular weight excluding hydrogens is 212 g/mol. The van der Waals surface area contributed by atoms with Gasteiger partial charge in [-0.3, -0.25) is 0 Å². The van der Waals surface area contributed by atoms with Crippen LogP contribution in [0.5, 0.6) is 0 Å². The predicted octanol–water partition coefficient (Wildman–Crippen LogP) is 1.42. The molecule has 2 unspecified atom stereocenters. The molecule has 1 saturated heterocycles. The Kier molecular flexibility index (Phi) is 4.83. The number of aliphatic hydroxyl groups is 1. The first-order valence-corrected chi connectivity index (χ1v) is 7.20. The van der Waals surface area contributed by atoms with E-state index in [9.17, 15) is 5.11 Å². The zero-order valence-corrected chi connectivity index (χ0v) is 11.4. The van der Waals surface area contributed by atoms with Crippen LogP contribution in [0.15, 0.2) is 0 Å². The van der Waals surface area contributed by atoms with E-state index in [1.807, 2.05) is 0 Å². The predicted molar refractivity (Wildman–Crippen MR) is 71.1 cm³/mol. The Labute approximate surface area is 106 Å². The first-order chi connectivity index (χ1) is 8.15. The van der Waals surface area contributed by atoms with Crippen molar-refractivity contribution in [1.29, 1.82) is 0 Å². The smallest absolute Gasteiger partial charge is 0.0695 e. The Hall–Kier alpha value is -0.120. The van der Waals surface area contributed by atoms with Crippen LogP contribution in [0.1, 0.15) is 32.1 Å². The van der Waals surface area contributed by atoms with Crippen molar-refractivity contribution in [3.8, 4) is 0 Å². The van der Waals surface area contributed by atoms with Crippen molar-refractivity contribution in [2.75, 3.05) is 40.3 Å². The molecule has 100 valence electrons. The molecule has 2 aliphatic rings. The highest BCUT2D eigenvalue weighted by Crippen LogP contribution is 2.28. The fraction of sp³-hybridized carbons (Fsp3) is 1.00. The Bertz CT molecular complexity index is 228. The molecule has 1 N–H and O–H groups in total. The maximum atomic E-state index is 10.2. The van der Waals surface area contributed by atoms with Gasteiger partial charge in [0.2, 0.25) is 0 Å². The Morgan fingerprint density at radius 1 is 1.29 bits per heavy atom. The van der Waals surface area contributed by atoms with Crippen molar-refractivity contribution in [1.82, 2.24) is 9.80 Å². The summed E-state index contributed by atoms with van der Waals surface area (Å²) < 4.78 is 0. The van der Waals surface area contributed by atoms with Gasteiger partial charge in [-0.1, -0.05) is 12.8 Å². The van der Waals surface area contributed by atoms with E-state index in [2.05, 4.69) is 23.9 Å². The molecule has 2 fully saturated rings. The molecule has 0 aromatic heterocycles. The minimum Gasteiger partial charge on any atom is -0.392 e. The van der Waals surface area contributed by atoms with Crippen molar-refractivity contribution in [2.24, 2.45) is 11.8 Å². The van der Waals surface area contributed by atoms with Crippen LogP contribution in [0, 0.1) is 11.8 Å². The van der Waals surface area contributed by atoms with Gasteiger partial charge in [-0.15, -0.1) is 0 Å². The third-order valence-electron chi connectivity index (χ3n) is 4.50. The van der Waals surface area contributed by atoms with Crippen LogP contribution in [0.2, 0.25) is 0 Å². The lowest BCUT2D eigenvalue weighted by Crippen LogP contribution is -2.36. The number of aliphatic hydroxyl groups excluding tert-OH is 1. The second-order valence-corrected chi connectivity index (χ2v) is 6.25. The van der Waals surface area contributed by atoms with Crippen molar-refractivity contribution < 1.29 is 5.11 Å². The SMILES string of the molecule is CN1CCC(CN(C)CC(O)C2CCCC2)C1. The molecule has 3 heteroatoms. The molecule has 0 aromatic carbocycles. The van der Waals surface area contributed by atoms with Gasteiger partial charge >= 0.3 is 0 Å². The Morgan fingerprint density at radius 2 is 2.00 bits per heavy atom. The van der Waals surface area contributed by atoms with Crippen molar-refractivity contribution in [3.05, 3.63) is 0 Å². The fourth-order valence-electron chi connectivity index (χ4n) is 3.50. The normalized spacial score (nSPS) is 29.3. The molecule has 1 aliphatic heterocycles. The van der Waals surface area contributed by atoms with E-state index < -0.39 is 0 Å². The highest BCUT2D eigenvalue weighted by atomic mass is 16.3. The summed E-state index contributed by atoms with van der Waals surface area (Å²) in [5, 5.41) is 10.2. The molecule has 0 spiro atoms. The zero-order valence-electron chi connectivity index (χ0n) is 11.4. The monoisotopic (exact) mass is 240 g/mol. The molecule has 2 rings (SSSR count). The van der Waals surface area contributed by atoms with Crippen LogP contribution in [-0.4, -0.2) is 61.3 Å². The number of hydrogen-bond acceptors (Lipinski definition) is 3. The summed E-state index contributed by atoms with van der Waals surface area (Å²) in [4.78, 5) is 4.75. The zero-order chi connectivity index (χ0) is 12.3. The second kappa shape index (κ2) is 6.17. The van der Waals surface area contributed by atoms with E-state index in [4.69, 9.17) is 0 Å². The second-order valence-electron chi connectivity index (χ2n) is 6.25. The van der Waals surface area contributed by atoms with Gasteiger partial charge in [0, 0.05) is 19.6 Å². The third-order valence-corrected chi connectivity index (χ3v) is 4.50. The average molecular weight is 240 g/mol. The van der Waals surface area contributed by atoms with Crippen LogP contribution in [0.3, 0.4) is 0 Å². The standard InChI is InChI=1S/C14H28N2O/c1-15-8-7-12(9-15)10-16(2)11-14(17)13-5-3-4-6-13/h12-14,17H,3-11H2,1-2H3. The van der Waals surface area contributed by atoms with Gasteiger partial charge in [-0.25, -0.2) is 0 Å². The highest BCUT2D eigenvalue weighted by molar-refractivity contribution is 4.79. The average Bonchev–Trinajstić information content (AvgIpc) is 2.89. The van der Waals surface area contributed by atoms with Crippen molar-refractivity contribution in [2.45, 2.75) is 38.2 Å². The van der Waals surface area contributed by atoms with Gasteiger partial charge in [0.05, 0.1) is 6.10 Å². The molecule has 2 atom stereocenters. The van der Waals surface area contributed by atoms with E-state index >= 15 is 0 Å². The maximum Gasteiger partial charge on any atom is 0.0695 e. The van der Waals surface area contributed by atoms with Crippen LogP contribution >= 0.6 is 0 Å². The molecule has 0 aromatic rings. The summed E-state index contributed by atoms with van der Waals surface area (Å²) >= 11 is 0. The quantitative estimate of drug-likeness (QED) is 0.787.